The molecule has 21 heavy (non-hydrogen) atoms. The molecule has 0 aliphatic heterocycles. The molecule has 0 aliphatic carbocycles. The summed E-state index contributed by atoms with van der Waals surface area (Å²) in [5, 5.41) is 2.53. The summed E-state index contributed by atoms with van der Waals surface area (Å²) in [7, 11) is 0. The number of nitrogens with one attached hydrogen (secondary N) is 1. The van der Waals surface area contributed by atoms with Gasteiger partial charge in [0, 0.05) is 20.8 Å². The van der Waals surface area contributed by atoms with Crippen molar-refractivity contribution in [1.82, 2.24) is 10.3 Å². The Labute approximate surface area is 130 Å². The summed E-state index contributed by atoms with van der Waals surface area (Å²) in [6.07, 6.45) is -2.12. The van der Waals surface area contributed by atoms with E-state index >= 15 is 0 Å². The molecule has 0 bridgehead atoms. The van der Waals surface area contributed by atoms with Gasteiger partial charge in [-0.1, -0.05) is 6.92 Å². The van der Waals surface area contributed by atoms with Crippen LogP contribution >= 0.6 is 22.7 Å². The molecule has 0 spiro atoms. The molecule has 0 radical (unpaired) electrons. The van der Waals surface area contributed by atoms with Crippen LogP contribution in [0.15, 0.2) is 12.3 Å². The number of aryl methyl sites for hydroxylation is 2. The number of alkyl halides is 3. The fourth-order valence-electron chi connectivity index (χ4n) is 1.93. The molecule has 2 aromatic heterocycles. The molecule has 0 saturated heterocycles. The Morgan fingerprint density at radius 1 is 1.24 bits per heavy atom. The van der Waals surface area contributed by atoms with Crippen molar-refractivity contribution in [1.29, 1.82) is 0 Å². The standard InChI is InChI=1S/C14H17F3N2S2/c1-4-5-18-12(10-6-8(2)9(3)20-10)11-7-19-13(21-11)14(15,16)17/h6-7,12,18H,4-5H2,1-3H3. The van der Waals surface area contributed by atoms with Gasteiger partial charge in [-0.25, -0.2) is 4.98 Å². The quantitative estimate of drug-likeness (QED) is 0.839. The lowest BCUT2D eigenvalue weighted by Gasteiger charge is -2.15. The minimum atomic E-state index is -4.38. The third-order valence-corrected chi connectivity index (χ3v) is 5.44. The van der Waals surface area contributed by atoms with E-state index in [0.717, 1.165) is 17.8 Å². The van der Waals surface area contributed by atoms with Gasteiger partial charge in [0.1, 0.15) is 0 Å². The van der Waals surface area contributed by atoms with Crippen LogP contribution in [-0.2, 0) is 6.18 Å². The van der Waals surface area contributed by atoms with Gasteiger partial charge in [0.05, 0.1) is 6.04 Å². The van der Waals surface area contributed by atoms with Crippen LogP contribution in [0.2, 0.25) is 0 Å². The fraction of sp³-hybridized carbons (Fsp3) is 0.500. The molecule has 1 atom stereocenters. The largest absolute Gasteiger partial charge is 0.443 e. The molecule has 1 unspecified atom stereocenters. The number of thiazole rings is 1. The molecule has 2 rings (SSSR count). The van der Waals surface area contributed by atoms with E-state index in [4.69, 9.17) is 0 Å². The first kappa shape index (κ1) is 16.5. The summed E-state index contributed by atoms with van der Waals surface area (Å²) < 4.78 is 38.2. The van der Waals surface area contributed by atoms with Crippen LogP contribution in [0.25, 0.3) is 0 Å². The maximum absolute atomic E-state index is 12.7. The minimum absolute atomic E-state index is 0.212. The Hall–Kier alpha value is -0.920. The Morgan fingerprint density at radius 3 is 2.43 bits per heavy atom. The Balaban J connectivity index is 2.33. The third-order valence-electron chi connectivity index (χ3n) is 3.12. The smallest absolute Gasteiger partial charge is 0.305 e. The summed E-state index contributed by atoms with van der Waals surface area (Å²) in [6, 6.07) is 1.83. The Kier molecular flexibility index (Phi) is 5.06. The van der Waals surface area contributed by atoms with Crippen molar-refractivity contribution in [2.45, 2.75) is 39.4 Å². The van der Waals surface area contributed by atoms with Crippen molar-refractivity contribution < 1.29 is 13.2 Å². The van der Waals surface area contributed by atoms with Crippen LogP contribution in [0.5, 0.6) is 0 Å². The van der Waals surface area contributed by atoms with Crippen LogP contribution in [0.3, 0.4) is 0 Å². The highest BCUT2D eigenvalue weighted by molar-refractivity contribution is 7.13. The topological polar surface area (TPSA) is 24.9 Å². The van der Waals surface area contributed by atoms with Crippen LogP contribution in [0, 0.1) is 13.8 Å². The van der Waals surface area contributed by atoms with Gasteiger partial charge in [0.15, 0.2) is 5.01 Å². The summed E-state index contributed by atoms with van der Waals surface area (Å²) in [6.45, 7) is 6.82. The first-order valence-corrected chi connectivity index (χ1v) is 8.29. The molecule has 1 N–H and O–H groups in total. The lowest BCUT2D eigenvalue weighted by Crippen LogP contribution is -2.21. The molecule has 0 aromatic carbocycles. The highest BCUT2D eigenvalue weighted by atomic mass is 32.1. The lowest BCUT2D eigenvalue weighted by atomic mass is 10.2. The van der Waals surface area contributed by atoms with E-state index in [0.29, 0.717) is 16.2 Å². The highest BCUT2D eigenvalue weighted by Crippen LogP contribution is 2.38. The summed E-state index contributed by atoms with van der Waals surface area (Å²) in [5.74, 6) is 0. The molecule has 0 fully saturated rings. The monoisotopic (exact) mass is 334 g/mol. The number of rotatable bonds is 5. The van der Waals surface area contributed by atoms with Gasteiger partial charge in [-0.15, -0.1) is 22.7 Å². The predicted octanol–water partition coefficient (Wildman–Crippen LogP) is 4.93. The van der Waals surface area contributed by atoms with Gasteiger partial charge in [-0.2, -0.15) is 13.2 Å². The van der Waals surface area contributed by atoms with Crippen molar-refractivity contribution in [2.75, 3.05) is 6.54 Å². The maximum atomic E-state index is 12.7. The molecule has 116 valence electrons. The Bertz CT molecular complexity index is 582. The van der Waals surface area contributed by atoms with E-state index in [1.54, 1.807) is 11.3 Å². The van der Waals surface area contributed by atoms with Crippen LogP contribution in [0.4, 0.5) is 13.2 Å². The second-order valence-corrected chi connectivity index (χ2v) is 7.19. The SMILES string of the molecule is CCCNC(c1cnc(C(F)(F)F)s1)c1cc(C)c(C)s1. The molecule has 0 aliphatic rings. The number of hydrogen-bond acceptors (Lipinski definition) is 4. The van der Waals surface area contributed by atoms with E-state index in [1.165, 1.54) is 16.6 Å². The van der Waals surface area contributed by atoms with Crippen LogP contribution in [0.1, 0.15) is 44.6 Å². The molecule has 0 saturated carbocycles. The minimum Gasteiger partial charge on any atom is -0.305 e. The van der Waals surface area contributed by atoms with Gasteiger partial charge < -0.3 is 5.32 Å². The van der Waals surface area contributed by atoms with Crippen molar-refractivity contribution in [3.8, 4) is 0 Å². The number of halogens is 3. The van der Waals surface area contributed by atoms with Gasteiger partial charge in [-0.05, 0) is 38.4 Å². The third kappa shape index (κ3) is 3.84. The normalized spacial score (nSPS) is 13.6. The van der Waals surface area contributed by atoms with E-state index in [2.05, 4.69) is 10.3 Å². The first-order valence-electron chi connectivity index (χ1n) is 6.66. The molecular weight excluding hydrogens is 317 g/mol. The maximum Gasteiger partial charge on any atom is 0.443 e. The van der Waals surface area contributed by atoms with Crippen molar-refractivity contribution in [2.24, 2.45) is 0 Å². The lowest BCUT2D eigenvalue weighted by molar-refractivity contribution is -0.137. The number of aromatic nitrogens is 1. The van der Waals surface area contributed by atoms with E-state index in [1.807, 2.05) is 26.8 Å². The average molecular weight is 334 g/mol. The van der Waals surface area contributed by atoms with E-state index in [-0.39, 0.29) is 6.04 Å². The van der Waals surface area contributed by atoms with E-state index < -0.39 is 11.2 Å². The molecule has 2 nitrogen and oxygen atoms in total. The molecule has 7 heteroatoms. The van der Waals surface area contributed by atoms with Gasteiger partial charge in [0.25, 0.3) is 0 Å². The first-order chi connectivity index (χ1) is 9.82. The van der Waals surface area contributed by atoms with Crippen molar-refractivity contribution >= 4 is 22.7 Å². The van der Waals surface area contributed by atoms with Gasteiger partial charge in [0.2, 0.25) is 0 Å². The predicted molar refractivity (Wildman–Crippen MR) is 81.0 cm³/mol. The highest BCUT2D eigenvalue weighted by Gasteiger charge is 2.35. The van der Waals surface area contributed by atoms with Crippen molar-refractivity contribution in [3.05, 3.63) is 37.5 Å². The summed E-state index contributed by atoms with van der Waals surface area (Å²) in [4.78, 5) is 6.36. The molecule has 0 amide bonds. The molecule has 2 aromatic rings. The summed E-state index contributed by atoms with van der Waals surface area (Å²) in [5.41, 5.74) is 1.17. The Morgan fingerprint density at radius 2 is 1.95 bits per heavy atom. The van der Waals surface area contributed by atoms with Crippen LogP contribution < -0.4 is 5.32 Å². The summed E-state index contributed by atoms with van der Waals surface area (Å²) >= 11 is 2.34. The zero-order chi connectivity index (χ0) is 15.6. The fourth-order valence-corrected chi connectivity index (χ4v) is 4.02. The second-order valence-electron chi connectivity index (χ2n) is 4.84. The molecular formula is C14H17F3N2S2. The number of nitrogens with zero attached hydrogens (tertiary/aromatic N) is 1. The number of thiophene rings is 1. The average Bonchev–Trinajstić information content (AvgIpc) is 2.98. The van der Waals surface area contributed by atoms with Gasteiger partial charge in [-0.3, -0.25) is 0 Å². The number of hydrogen-bond donors (Lipinski definition) is 1. The van der Waals surface area contributed by atoms with Gasteiger partial charge >= 0.3 is 6.18 Å². The van der Waals surface area contributed by atoms with Crippen molar-refractivity contribution in [3.63, 3.8) is 0 Å². The van der Waals surface area contributed by atoms with E-state index in [9.17, 15) is 13.2 Å². The molecule has 2 heterocycles. The second kappa shape index (κ2) is 6.46. The zero-order valence-corrected chi connectivity index (χ0v) is 13.7. The zero-order valence-electron chi connectivity index (χ0n) is 12.0. The van der Waals surface area contributed by atoms with Crippen LogP contribution in [-0.4, -0.2) is 11.5 Å².